The first-order chi connectivity index (χ1) is 22.0. The van der Waals surface area contributed by atoms with Crippen molar-refractivity contribution in [3.8, 4) is 0 Å². The van der Waals surface area contributed by atoms with E-state index >= 15 is 0 Å². The predicted octanol–water partition coefficient (Wildman–Crippen LogP) is 8.55. The zero-order valence-corrected chi connectivity index (χ0v) is 31.2. The molecule has 0 heterocycles. The maximum Gasteiger partial charge on any atom is 0.268 e. The highest BCUT2D eigenvalue weighted by Crippen LogP contribution is 2.38. The number of hydrogen-bond acceptors (Lipinski definition) is 6. The molecule has 0 bridgehead atoms. The van der Waals surface area contributed by atoms with E-state index in [1.165, 1.54) is 51.4 Å². The average Bonchev–Trinajstić information content (AvgIpc) is 2.99. The third kappa shape index (κ3) is 31.3. The molecule has 0 aliphatic carbocycles. The van der Waals surface area contributed by atoms with Crippen molar-refractivity contribution in [1.29, 1.82) is 0 Å². The van der Waals surface area contributed by atoms with E-state index in [1.54, 1.807) is 0 Å². The predicted molar refractivity (Wildman–Crippen MR) is 191 cm³/mol. The van der Waals surface area contributed by atoms with Gasteiger partial charge in [0.05, 0.1) is 39.9 Å². The van der Waals surface area contributed by atoms with Gasteiger partial charge in [-0.05, 0) is 44.9 Å². The van der Waals surface area contributed by atoms with Gasteiger partial charge >= 0.3 is 0 Å². The molecule has 0 saturated carbocycles. The first-order valence-corrected chi connectivity index (χ1v) is 19.8. The second-order valence-electron chi connectivity index (χ2n) is 13.5. The number of phosphoric ester groups is 1. The minimum Gasteiger partial charge on any atom is -0.756 e. The van der Waals surface area contributed by atoms with Gasteiger partial charge < -0.3 is 28.8 Å². The molecular weight excluding hydrogens is 599 g/mol. The maximum atomic E-state index is 12.7. The van der Waals surface area contributed by atoms with Crippen LogP contribution in [-0.2, 0) is 18.4 Å². The van der Waals surface area contributed by atoms with E-state index in [2.05, 4.69) is 55.6 Å². The molecule has 0 rings (SSSR count). The van der Waals surface area contributed by atoms with Gasteiger partial charge in [-0.1, -0.05) is 127 Å². The molecule has 3 unspecified atom stereocenters. The van der Waals surface area contributed by atoms with E-state index in [9.17, 15) is 19.4 Å². The van der Waals surface area contributed by atoms with Gasteiger partial charge in [0.15, 0.2) is 0 Å². The number of rotatable bonds is 32. The lowest BCUT2D eigenvalue weighted by Gasteiger charge is -2.30. The van der Waals surface area contributed by atoms with Gasteiger partial charge in [-0.2, -0.15) is 0 Å². The summed E-state index contributed by atoms with van der Waals surface area (Å²) in [5.74, 6) is -0.198. The molecule has 0 radical (unpaired) electrons. The summed E-state index contributed by atoms with van der Waals surface area (Å²) in [6.45, 7) is 4.53. The molecule has 3 atom stereocenters. The second-order valence-corrected chi connectivity index (χ2v) is 15.0. The van der Waals surface area contributed by atoms with Crippen LogP contribution in [0.25, 0.3) is 0 Å². The van der Waals surface area contributed by atoms with Crippen LogP contribution in [0.1, 0.15) is 142 Å². The Morgan fingerprint density at radius 2 is 1.33 bits per heavy atom. The summed E-state index contributed by atoms with van der Waals surface area (Å²) in [6.07, 6.45) is 32.9. The SMILES string of the molecule is CC/C=C\C/C=C\C/C=C\CCCCCC(=O)NC(COP(=O)([O-])OCC[N+](C)(C)C)C(O)CCCCCCCCCCCCC. The zero-order valence-electron chi connectivity index (χ0n) is 30.3. The summed E-state index contributed by atoms with van der Waals surface area (Å²) in [4.78, 5) is 25.1. The molecule has 0 aromatic carbocycles. The molecule has 0 spiro atoms. The Bertz CT molecular complexity index is 855. The van der Waals surface area contributed by atoms with Gasteiger partial charge in [-0.3, -0.25) is 9.36 Å². The van der Waals surface area contributed by atoms with Crippen LogP contribution >= 0.6 is 7.82 Å². The largest absolute Gasteiger partial charge is 0.756 e. The Kier molecular flexibility index (Phi) is 29.0. The molecule has 8 nitrogen and oxygen atoms in total. The highest BCUT2D eigenvalue weighted by atomic mass is 31.2. The van der Waals surface area contributed by atoms with Crippen molar-refractivity contribution < 1.29 is 32.9 Å². The minimum absolute atomic E-state index is 0.00509. The molecule has 1 amide bonds. The third-order valence-electron chi connectivity index (χ3n) is 7.89. The van der Waals surface area contributed by atoms with E-state index in [4.69, 9.17) is 9.05 Å². The lowest BCUT2D eigenvalue weighted by Crippen LogP contribution is -2.46. The lowest BCUT2D eigenvalue weighted by atomic mass is 10.0. The summed E-state index contributed by atoms with van der Waals surface area (Å²) < 4.78 is 23.1. The summed E-state index contributed by atoms with van der Waals surface area (Å²) >= 11 is 0. The van der Waals surface area contributed by atoms with Crippen LogP contribution < -0.4 is 10.2 Å². The quantitative estimate of drug-likeness (QED) is 0.0321. The first kappa shape index (κ1) is 44.7. The third-order valence-corrected chi connectivity index (χ3v) is 8.86. The van der Waals surface area contributed by atoms with E-state index in [-0.39, 0.29) is 19.1 Å². The molecule has 0 fully saturated rings. The van der Waals surface area contributed by atoms with E-state index < -0.39 is 20.0 Å². The van der Waals surface area contributed by atoms with Crippen molar-refractivity contribution in [3.05, 3.63) is 36.5 Å². The number of nitrogens with zero attached hydrogens (tertiary/aromatic N) is 1. The first-order valence-electron chi connectivity index (χ1n) is 18.3. The number of carbonyl (C=O) groups excluding carboxylic acids is 1. The summed E-state index contributed by atoms with van der Waals surface area (Å²) in [5, 5.41) is 13.8. The topological polar surface area (TPSA) is 108 Å². The number of carbonyl (C=O) groups is 1. The number of phosphoric acid groups is 1. The highest BCUT2D eigenvalue weighted by molar-refractivity contribution is 7.45. The van der Waals surface area contributed by atoms with Crippen LogP contribution in [0.15, 0.2) is 36.5 Å². The van der Waals surface area contributed by atoms with Gasteiger partial charge in [0.2, 0.25) is 5.91 Å². The van der Waals surface area contributed by atoms with Gasteiger partial charge in [0.25, 0.3) is 7.82 Å². The van der Waals surface area contributed by atoms with Crippen LogP contribution in [0.3, 0.4) is 0 Å². The number of aliphatic hydroxyl groups is 1. The van der Waals surface area contributed by atoms with Crippen LogP contribution in [0, 0.1) is 0 Å². The number of nitrogens with one attached hydrogen (secondary N) is 1. The zero-order chi connectivity index (χ0) is 34.4. The molecule has 46 heavy (non-hydrogen) atoms. The number of aliphatic hydroxyl groups excluding tert-OH is 1. The molecule has 0 aromatic rings. The smallest absolute Gasteiger partial charge is 0.268 e. The maximum absolute atomic E-state index is 12.7. The normalized spacial score (nSPS) is 15.2. The fraction of sp³-hybridized carbons (Fsp3) is 0.811. The Morgan fingerprint density at radius 3 is 1.91 bits per heavy atom. The minimum atomic E-state index is -4.56. The molecule has 0 saturated heterocycles. The van der Waals surface area contributed by atoms with E-state index in [0.717, 1.165) is 64.2 Å². The van der Waals surface area contributed by atoms with Crippen molar-refractivity contribution in [2.45, 2.75) is 154 Å². The molecule has 9 heteroatoms. The van der Waals surface area contributed by atoms with Crippen LogP contribution in [0.5, 0.6) is 0 Å². The van der Waals surface area contributed by atoms with Crippen molar-refractivity contribution in [1.82, 2.24) is 5.32 Å². The van der Waals surface area contributed by atoms with Crippen molar-refractivity contribution in [2.75, 3.05) is 40.9 Å². The van der Waals surface area contributed by atoms with Crippen molar-refractivity contribution in [2.24, 2.45) is 0 Å². The number of likely N-dealkylation sites (N-methyl/N-ethyl adjacent to an activating group) is 1. The molecule has 0 aliphatic heterocycles. The molecule has 2 N–H and O–H groups in total. The fourth-order valence-electron chi connectivity index (χ4n) is 4.93. The number of amides is 1. The Labute approximate surface area is 283 Å². The van der Waals surface area contributed by atoms with Gasteiger partial charge in [-0.15, -0.1) is 0 Å². The van der Waals surface area contributed by atoms with Crippen molar-refractivity contribution in [3.63, 3.8) is 0 Å². The van der Waals surface area contributed by atoms with Crippen LogP contribution in [-0.4, -0.2) is 68.5 Å². The fourth-order valence-corrected chi connectivity index (χ4v) is 5.66. The lowest BCUT2D eigenvalue weighted by molar-refractivity contribution is -0.870. The van der Waals surface area contributed by atoms with E-state index in [0.29, 0.717) is 23.9 Å². The van der Waals surface area contributed by atoms with Gasteiger partial charge in [0, 0.05) is 6.42 Å². The Balaban J connectivity index is 4.56. The van der Waals surface area contributed by atoms with E-state index in [1.807, 2.05) is 21.1 Å². The summed E-state index contributed by atoms with van der Waals surface area (Å²) in [5.41, 5.74) is 0. The Morgan fingerprint density at radius 1 is 0.783 bits per heavy atom. The van der Waals surface area contributed by atoms with Crippen LogP contribution in [0.4, 0.5) is 0 Å². The van der Waals surface area contributed by atoms with Crippen molar-refractivity contribution >= 4 is 13.7 Å². The standard InChI is InChI=1S/C37H71N2O6P/c1-6-8-10-12-14-16-18-19-21-23-25-27-29-31-37(41)38-35(34-45-46(42,43)44-33-32-39(3,4)5)36(40)30-28-26-24-22-20-17-15-13-11-9-7-2/h8,10,14,16,19,21,35-36,40H,6-7,9,11-13,15,17-18,20,22-34H2,1-5H3,(H-,38,41,42,43)/b10-8-,16-14-,21-19-. The molecule has 0 aliphatic rings. The monoisotopic (exact) mass is 671 g/mol. The number of quaternary nitrogens is 1. The molecule has 270 valence electrons. The van der Waals surface area contributed by atoms with Gasteiger partial charge in [0.1, 0.15) is 13.2 Å². The highest BCUT2D eigenvalue weighted by Gasteiger charge is 2.24. The van der Waals surface area contributed by atoms with Gasteiger partial charge in [-0.25, -0.2) is 0 Å². The summed E-state index contributed by atoms with van der Waals surface area (Å²) in [7, 11) is 1.27. The van der Waals surface area contributed by atoms with Crippen LogP contribution in [0.2, 0.25) is 0 Å². The molecule has 0 aromatic heterocycles. The molecular formula is C37H71N2O6P. The number of hydrogen-bond donors (Lipinski definition) is 2. The summed E-state index contributed by atoms with van der Waals surface area (Å²) in [6, 6.07) is -0.812. The second kappa shape index (κ2) is 29.8. The Hall–Kier alpha value is -1.28. The average molecular weight is 671 g/mol. The number of allylic oxidation sites excluding steroid dienone is 6. The number of unbranched alkanes of at least 4 members (excludes halogenated alkanes) is 13.